The molecular weight excluding hydrogens is 528 g/mol. The van der Waals surface area contributed by atoms with Gasteiger partial charge >= 0.3 is 6.01 Å². The Bertz CT molecular complexity index is 1520. The fourth-order valence-corrected chi connectivity index (χ4v) is 7.20. The minimum Gasteiger partial charge on any atom is -0.508 e. The van der Waals surface area contributed by atoms with E-state index in [2.05, 4.69) is 36.3 Å². The summed E-state index contributed by atoms with van der Waals surface area (Å²) in [4.78, 5) is 18.3. The van der Waals surface area contributed by atoms with Crippen molar-refractivity contribution in [3.05, 3.63) is 41.2 Å². The smallest absolute Gasteiger partial charge is 0.323 e. The van der Waals surface area contributed by atoms with Crippen LogP contribution in [0.5, 0.6) is 11.8 Å². The normalized spacial score (nSPS) is 27.2. The summed E-state index contributed by atoms with van der Waals surface area (Å²) in [6.45, 7) is 3.37. The van der Waals surface area contributed by atoms with E-state index in [0.29, 0.717) is 59.9 Å². The minimum absolute atomic E-state index is 0.0450. The highest BCUT2D eigenvalue weighted by Crippen LogP contribution is 2.40. The number of rotatable bonds is 7. The molecule has 4 aliphatic rings. The molecule has 11 heteroatoms. The van der Waals surface area contributed by atoms with Crippen molar-refractivity contribution in [3.8, 4) is 24.1 Å². The molecule has 3 aromatic rings. The molecule has 4 fully saturated rings. The second-order valence-corrected chi connectivity index (χ2v) is 11.8. The molecule has 0 amide bonds. The number of hydrogen-bond acceptors (Lipinski definition) is 9. The summed E-state index contributed by atoms with van der Waals surface area (Å²) in [7, 11) is 0. The summed E-state index contributed by atoms with van der Waals surface area (Å²) in [6.07, 6.45) is 9.39. The van der Waals surface area contributed by atoms with Gasteiger partial charge in [-0.25, -0.2) is 8.78 Å². The Labute approximate surface area is 237 Å². The number of nitrogens with zero attached hydrogens (tertiary/aromatic N) is 5. The van der Waals surface area contributed by atoms with Crippen LogP contribution in [0.25, 0.3) is 10.8 Å². The number of halogens is 2. The lowest BCUT2D eigenvalue weighted by atomic mass is 9.95. The van der Waals surface area contributed by atoms with Crippen LogP contribution in [-0.2, 0) is 6.54 Å². The molecule has 2 bridgehead atoms. The molecule has 0 aliphatic carbocycles. The molecule has 214 valence electrons. The summed E-state index contributed by atoms with van der Waals surface area (Å²) < 4.78 is 35.1. The van der Waals surface area contributed by atoms with E-state index in [-0.39, 0.29) is 29.4 Å². The van der Waals surface area contributed by atoms with Gasteiger partial charge < -0.3 is 25.4 Å². The SMILES string of the molecule is C#Cc1c(F)ccc2cc(O)cc(CNc3nc(OC[C@@]45CCCN4C[C@H](F)C5)nc(N4C[C@H]5CC[C@@H](C4)N5)n3)c12. The third-order valence-electron chi connectivity index (χ3n) is 9.05. The molecule has 4 aliphatic heterocycles. The van der Waals surface area contributed by atoms with Crippen LogP contribution in [0.4, 0.5) is 20.7 Å². The third-order valence-corrected chi connectivity index (χ3v) is 9.05. The molecule has 1 aromatic heterocycles. The molecule has 3 N–H and O–H groups in total. The number of ether oxygens (including phenoxy) is 1. The minimum atomic E-state index is -0.851. The number of terminal acetylenes is 1. The van der Waals surface area contributed by atoms with Gasteiger partial charge in [0.05, 0.1) is 11.1 Å². The number of phenols is 1. The van der Waals surface area contributed by atoms with Crippen LogP contribution in [-0.4, -0.2) is 81.5 Å². The maximum Gasteiger partial charge on any atom is 0.323 e. The molecule has 2 aromatic carbocycles. The topological polar surface area (TPSA) is 98.7 Å². The van der Waals surface area contributed by atoms with Crippen LogP contribution < -0.4 is 20.3 Å². The summed E-state index contributed by atoms with van der Waals surface area (Å²) >= 11 is 0. The van der Waals surface area contributed by atoms with Gasteiger partial charge in [0.25, 0.3) is 0 Å². The first kappa shape index (κ1) is 26.2. The monoisotopic (exact) mass is 561 g/mol. The fourth-order valence-electron chi connectivity index (χ4n) is 7.20. The van der Waals surface area contributed by atoms with Crippen LogP contribution in [0.1, 0.15) is 43.2 Å². The Morgan fingerprint density at radius 2 is 2.00 bits per heavy atom. The first-order chi connectivity index (χ1) is 19.9. The largest absolute Gasteiger partial charge is 0.508 e. The predicted octanol–water partition coefficient (Wildman–Crippen LogP) is 3.36. The maximum absolute atomic E-state index is 14.6. The van der Waals surface area contributed by atoms with E-state index in [1.54, 1.807) is 18.2 Å². The van der Waals surface area contributed by atoms with E-state index in [1.807, 2.05) is 0 Å². The number of aromatic hydroxyl groups is 1. The summed E-state index contributed by atoms with van der Waals surface area (Å²) in [5, 5.41) is 18.4. The highest BCUT2D eigenvalue weighted by Gasteiger charge is 2.49. The Morgan fingerprint density at radius 3 is 2.80 bits per heavy atom. The number of alkyl halides is 1. The predicted molar refractivity (Wildman–Crippen MR) is 151 cm³/mol. The molecule has 5 heterocycles. The first-order valence-electron chi connectivity index (χ1n) is 14.3. The van der Waals surface area contributed by atoms with Crippen LogP contribution in [0, 0.1) is 18.2 Å². The van der Waals surface area contributed by atoms with Gasteiger partial charge in [-0.05, 0) is 61.4 Å². The highest BCUT2D eigenvalue weighted by molar-refractivity contribution is 5.92. The molecule has 9 nitrogen and oxygen atoms in total. The zero-order valence-corrected chi connectivity index (χ0v) is 22.7. The van der Waals surface area contributed by atoms with Crippen molar-refractivity contribution < 1.29 is 18.6 Å². The van der Waals surface area contributed by atoms with Gasteiger partial charge in [0.2, 0.25) is 11.9 Å². The summed E-state index contributed by atoms with van der Waals surface area (Å²) in [5.74, 6) is 2.80. The first-order valence-corrected chi connectivity index (χ1v) is 14.3. The van der Waals surface area contributed by atoms with Gasteiger partial charge in [-0.2, -0.15) is 15.0 Å². The Hall–Kier alpha value is -3.75. The van der Waals surface area contributed by atoms with Crippen LogP contribution in [0.15, 0.2) is 24.3 Å². The number of piperazine rings is 1. The molecular formula is C30H33F2N7O2. The zero-order valence-electron chi connectivity index (χ0n) is 22.7. The average molecular weight is 562 g/mol. The Kier molecular flexibility index (Phi) is 6.55. The van der Waals surface area contributed by atoms with Crippen LogP contribution >= 0.6 is 0 Å². The molecule has 0 spiro atoms. The van der Waals surface area contributed by atoms with Crippen molar-refractivity contribution in [2.75, 3.05) is 43.0 Å². The zero-order chi connectivity index (χ0) is 28.1. The van der Waals surface area contributed by atoms with Crippen LogP contribution in [0.2, 0.25) is 0 Å². The lowest BCUT2D eigenvalue weighted by molar-refractivity contribution is 0.107. The number of anilines is 2. The molecule has 0 saturated carbocycles. The maximum atomic E-state index is 14.6. The van der Waals surface area contributed by atoms with Crippen molar-refractivity contribution in [1.82, 2.24) is 25.2 Å². The number of hydrogen-bond donors (Lipinski definition) is 3. The molecule has 0 unspecified atom stereocenters. The fraction of sp³-hybridized carbons (Fsp3) is 0.500. The number of phenolic OH excluding ortho intramolecular Hbond substituents is 1. The molecule has 7 rings (SSSR count). The third kappa shape index (κ3) is 4.89. The van der Waals surface area contributed by atoms with E-state index < -0.39 is 12.0 Å². The van der Waals surface area contributed by atoms with Gasteiger partial charge in [-0.15, -0.1) is 6.42 Å². The van der Waals surface area contributed by atoms with E-state index in [9.17, 15) is 13.9 Å². The van der Waals surface area contributed by atoms with Crippen molar-refractivity contribution >= 4 is 22.7 Å². The summed E-state index contributed by atoms with van der Waals surface area (Å²) in [6, 6.07) is 6.96. The van der Waals surface area contributed by atoms with Gasteiger partial charge in [0, 0.05) is 50.1 Å². The van der Waals surface area contributed by atoms with Gasteiger partial charge in [0.1, 0.15) is 24.3 Å². The van der Waals surface area contributed by atoms with E-state index in [1.165, 1.54) is 6.07 Å². The summed E-state index contributed by atoms with van der Waals surface area (Å²) in [5.41, 5.74) is 0.418. The van der Waals surface area contributed by atoms with Crippen molar-refractivity contribution in [1.29, 1.82) is 0 Å². The number of benzene rings is 2. The Balaban J connectivity index is 1.19. The van der Waals surface area contributed by atoms with Crippen molar-refractivity contribution in [3.63, 3.8) is 0 Å². The number of aromatic nitrogens is 3. The van der Waals surface area contributed by atoms with Gasteiger partial charge in [0.15, 0.2) is 0 Å². The molecule has 41 heavy (non-hydrogen) atoms. The van der Waals surface area contributed by atoms with Crippen molar-refractivity contribution in [2.24, 2.45) is 0 Å². The second-order valence-electron chi connectivity index (χ2n) is 11.8. The number of fused-ring (bicyclic) bond motifs is 4. The second kappa shape index (κ2) is 10.3. The molecule has 4 atom stereocenters. The lowest BCUT2D eigenvalue weighted by Crippen LogP contribution is -2.51. The molecule has 0 radical (unpaired) electrons. The number of nitrogens with one attached hydrogen (secondary N) is 2. The highest BCUT2D eigenvalue weighted by atomic mass is 19.1. The van der Waals surface area contributed by atoms with Gasteiger partial charge in [-0.3, -0.25) is 4.90 Å². The van der Waals surface area contributed by atoms with E-state index in [0.717, 1.165) is 45.3 Å². The lowest BCUT2D eigenvalue weighted by Gasteiger charge is -2.33. The van der Waals surface area contributed by atoms with Crippen molar-refractivity contribution in [2.45, 2.75) is 62.4 Å². The quantitative estimate of drug-likeness (QED) is 0.375. The Morgan fingerprint density at radius 1 is 1.17 bits per heavy atom. The van der Waals surface area contributed by atoms with E-state index >= 15 is 0 Å². The average Bonchev–Trinajstić information content (AvgIpc) is 3.61. The van der Waals surface area contributed by atoms with Gasteiger partial charge in [-0.1, -0.05) is 12.0 Å². The van der Waals surface area contributed by atoms with Crippen LogP contribution in [0.3, 0.4) is 0 Å². The standard InChI is InChI=1S/C30H33F2N7O2/c1-2-24-25(32)7-4-18-10-23(40)11-19(26(18)24)13-33-27-35-28(38-15-21-5-6-22(16-38)34-21)37-29(36-27)41-17-30-8-3-9-39(30)14-20(31)12-30/h1,4,7,10-11,20-22,34,40H,3,5-6,8-9,12-17H2,(H,33,35,36,37)/t20-,21-,22+,30+/m1/s1. The van der Waals surface area contributed by atoms with E-state index in [4.69, 9.17) is 16.1 Å². The molecule has 4 saturated heterocycles.